The molecular formula is C32H60O13. The van der Waals surface area contributed by atoms with Gasteiger partial charge in [0.15, 0.2) is 12.6 Å². The van der Waals surface area contributed by atoms with E-state index >= 15 is 0 Å². The van der Waals surface area contributed by atoms with Crippen LogP contribution in [0, 0.1) is 0 Å². The zero-order chi connectivity index (χ0) is 31.7. The minimum Gasteiger partial charge on any atom is -0.377 e. The highest BCUT2D eigenvalue weighted by molar-refractivity contribution is 4.76. The Bertz CT molecular complexity index is 636. The fraction of sp³-hybridized carbons (Fsp3) is 1.00. The highest BCUT2D eigenvalue weighted by atomic mass is 16.7. The summed E-state index contributed by atoms with van der Waals surface area (Å²) in [6.07, 6.45) is 6.24. The first-order chi connectivity index (χ1) is 22.1. The van der Waals surface area contributed by atoms with Gasteiger partial charge in [-0.3, -0.25) is 0 Å². The average molecular weight is 653 g/mol. The van der Waals surface area contributed by atoms with E-state index in [2.05, 4.69) is 0 Å². The van der Waals surface area contributed by atoms with Gasteiger partial charge in [0.25, 0.3) is 0 Å². The maximum atomic E-state index is 6.11. The molecule has 3 aliphatic rings. The molecule has 0 bridgehead atoms. The number of hydrogen-bond acceptors (Lipinski definition) is 13. The van der Waals surface area contributed by atoms with Gasteiger partial charge >= 0.3 is 0 Å². The van der Waals surface area contributed by atoms with Crippen LogP contribution in [0.15, 0.2) is 0 Å². The van der Waals surface area contributed by atoms with Gasteiger partial charge in [-0.1, -0.05) is 0 Å². The number of hydrogen-bond donors (Lipinski definition) is 0. The molecule has 0 amide bonds. The lowest BCUT2D eigenvalue weighted by atomic mass is 10.1. The van der Waals surface area contributed by atoms with Gasteiger partial charge in [0.1, 0.15) is 11.2 Å². The van der Waals surface area contributed by atoms with Crippen LogP contribution in [0.3, 0.4) is 0 Å². The van der Waals surface area contributed by atoms with E-state index in [1.165, 1.54) is 0 Å². The second kappa shape index (κ2) is 24.6. The Kier molecular flexibility index (Phi) is 21.3. The lowest BCUT2D eigenvalue weighted by Crippen LogP contribution is -2.41. The fourth-order valence-corrected chi connectivity index (χ4v) is 4.92. The van der Waals surface area contributed by atoms with E-state index in [1.54, 1.807) is 0 Å². The summed E-state index contributed by atoms with van der Waals surface area (Å²) in [4.78, 5) is 0. The smallest absolute Gasteiger partial charge is 0.157 e. The van der Waals surface area contributed by atoms with Crippen molar-refractivity contribution in [2.45, 2.75) is 76.2 Å². The van der Waals surface area contributed by atoms with E-state index < -0.39 is 11.2 Å². The second-order valence-electron chi connectivity index (χ2n) is 12.0. The summed E-state index contributed by atoms with van der Waals surface area (Å²) in [6.45, 7) is 13.4. The molecule has 3 heterocycles. The van der Waals surface area contributed by atoms with Gasteiger partial charge in [0, 0.05) is 13.2 Å². The molecule has 4 unspecified atom stereocenters. The first-order valence-electron chi connectivity index (χ1n) is 16.9. The summed E-state index contributed by atoms with van der Waals surface area (Å²) in [5.41, 5.74) is -1.25. The van der Waals surface area contributed by atoms with Crippen molar-refractivity contribution >= 4 is 0 Å². The quantitative estimate of drug-likeness (QED) is 0.202. The fourth-order valence-electron chi connectivity index (χ4n) is 4.92. The van der Waals surface area contributed by atoms with E-state index in [-0.39, 0.29) is 12.6 Å². The Hall–Kier alpha value is -0.520. The summed E-state index contributed by atoms with van der Waals surface area (Å²) in [7, 11) is 0. The van der Waals surface area contributed by atoms with E-state index in [1.807, 2.05) is 13.8 Å². The lowest BCUT2D eigenvalue weighted by Gasteiger charge is -2.30. The number of ether oxygens (including phenoxy) is 13. The minimum atomic E-state index is -0.623. The third kappa shape index (κ3) is 19.2. The average Bonchev–Trinajstić information content (AvgIpc) is 3.06. The molecule has 3 saturated heterocycles. The first kappa shape index (κ1) is 38.9. The van der Waals surface area contributed by atoms with Crippen molar-refractivity contribution in [2.75, 3.05) is 132 Å². The second-order valence-corrected chi connectivity index (χ2v) is 12.0. The third-order valence-corrected chi connectivity index (χ3v) is 7.44. The molecule has 0 aliphatic carbocycles. The SMILES string of the molecule is CC1(COCCOCCOC2CCCCO2)COCCOCC(C)(COCCOCCOC2CCCCO2)OCCOCCO1. The van der Waals surface area contributed by atoms with Gasteiger partial charge in [-0.15, -0.1) is 0 Å². The van der Waals surface area contributed by atoms with Crippen LogP contribution in [0.25, 0.3) is 0 Å². The molecule has 0 aromatic carbocycles. The van der Waals surface area contributed by atoms with Gasteiger partial charge in [0.05, 0.1) is 119 Å². The van der Waals surface area contributed by atoms with Crippen LogP contribution < -0.4 is 0 Å². The molecule has 3 rings (SSSR count). The van der Waals surface area contributed by atoms with Crippen molar-refractivity contribution in [3.63, 3.8) is 0 Å². The molecule has 0 spiro atoms. The number of rotatable bonds is 18. The summed E-state index contributed by atoms with van der Waals surface area (Å²) in [6, 6.07) is 0. The molecule has 13 nitrogen and oxygen atoms in total. The van der Waals surface area contributed by atoms with Crippen molar-refractivity contribution in [1.82, 2.24) is 0 Å². The molecule has 0 N–H and O–H groups in total. The molecule has 0 saturated carbocycles. The van der Waals surface area contributed by atoms with Crippen molar-refractivity contribution in [1.29, 1.82) is 0 Å². The molecule has 0 radical (unpaired) electrons. The molecular weight excluding hydrogens is 592 g/mol. The highest BCUT2D eigenvalue weighted by Gasteiger charge is 2.28. The molecule has 3 aliphatic heterocycles. The van der Waals surface area contributed by atoms with Crippen LogP contribution >= 0.6 is 0 Å². The van der Waals surface area contributed by atoms with Crippen molar-refractivity contribution in [3.05, 3.63) is 0 Å². The Morgan fingerprint density at radius 1 is 0.467 bits per heavy atom. The molecule has 0 aromatic rings. The third-order valence-electron chi connectivity index (χ3n) is 7.44. The van der Waals surface area contributed by atoms with E-state index in [9.17, 15) is 0 Å². The maximum absolute atomic E-state index is 6.11. The normalized spacial score (nSPS) is 30.0. The summed E-state index contributed by atoms with van der Waals surface area (Å²) in [5.74, 6) is 0. The van der Waals surface area contributed by atoms with Crippen molar-refractivity contribution < 1.29 is 61.6 Å². The van der Waals surface area contributed by atoms with Crippen molar-refractivity contribution in [3.8, 4) is 0 Å². The Labute approximate surface area is 270 Å². The van der Waals surface area contributed by atoms with Crippen LogP contribution in [-0.4, -0.2) is 156 Å². The van der Waals surface area contributed by atoms with E-state index in [0.717, 1.165) is 51.7 Å². The lowest BCUT2D eigenvalue weighted by molar-refractivity contribution is -0.170. The molecule has 13 heteroatoms. The van der Waals surface area contributed by atoms with Gasteiger partial charge in [-0.25, -0.2) is 0 Å². The first-order valence-corrected chi connectivity index (χ1v) is 16.9. The predicted octanol–water partition coefficient (Wildman–Crippen LogP) is 2.75. The van der Waals surface area contributed by atoms with Crippen LogP contribution in [-0.2, 0) is 61.6 Å². The zero-order valence-electron chi connectivity index (χ0n) is 27.8. The topological polar surface area (TPSA) is 120 Å². The highest BCUT2D eigenvalue weighted by Crippen LogP contribution is 2.16. The Balaban J connectivity index is 1.23. The maximum Gasteiger partial charge on any atom is 0.157 e. The molecule has 0 aromatic heterocycles. The molecule has 3 fully saturated rings. The largest absolute Gasteiger partial charge is 0.377 e. The van der Waals surface area contributed by atoms with Crippen LogP contribution in [0.4, 0.5) is 0 Å². The summed E-state index contributed by atoms with van der Waals surface area (Å²) >= 11 is 0. The summed E-state index contributed by atoms with van der Waals surface area (Å²) in [5, 5.41) is 0. The van der Waals surface area contributed by atoms with Crippen LogP contribution in [0.5, 0.6) is 0 Å². The van der Waals surface area contributed by atoms with Gasteiger partial charge in [-0.2, -0.15) is 0 Å². The molecule has 266 valence electrons. The van der Waals surface area contributed by atoms with E-state index in [0.29, 0.717) is 119 Å². The van der Waals surface area contributed by atoms with Gasteiger partial charge in [0.2, 0.25) is 0 Å². The van der Waals surface area contributed by atoms with Gasteiger partial charge < -0.3 is 61.6 Å². The molecule has 45 heavy (non-hydrogen) atoms. The van der Waals surface area contributed by atoms with Crippen LogP contribution in [0.1, 0.15) is 52.4 Å². The monoisotopic (exact) mass is 652 g/mol. The zero-order valence-corrected chi connectivity index (χ0v) is 27.8. The van der Waals surface area contributed by atoms with Gasteiger partial charge in [-0.05, 0) is 52.4 Å². The summed E-state index contributed by atoms with van der Waals surface area (Å²) < 4.78 is 75.3. The molecule has 4 atom stereocenters. The minimum absolute atomic E-state index is 0.0933. The predicted molar refractivity (Wildman–Crippen MR) is 164 cm³/mol. The Morgan fingerprint density at radius 3 is 1.33 bits per heavy atom. The van der Waals surface area contributed by atoms with Crippen LogP contribution in [0.2, 0.25) is 0 Å². The Morgan fingerprint density at radius 2 is 0.889 bits per heavy atom. The standard InChI is InChI=1S/C32H60O13/c1-31(25-36-13-11-33-17-21-42-29-7-3-5-9-40-29)27-38-15-16-39-28-32(2,45-24-20-35-19-23-44-31)26-37-14-12-34-18-22-43-30-8-4-6-10-41-30/h29-30H,3-28H2,1-2H3. The van der Waals surface area contributed by atoms with E-state index in [4.69, 9.17) is 61.6 Å². The van der Waals surface area contributed by atoms with Crippen molar-refractivity contribution in [2.24, 2.45) is 0 Å².